The van der Waals surface area contributed by atoms with Crippen molar-refractivity contribution in [2.75, 3.05) is 20.2 Å². The number of dihydropyridines is 1. The molecule has 0 radical (unpaired) electrons. The number of rotatable bonds is 9. The monoisotopic (exact) mass is 623 g/mol. The van der Waals surface area contributed by atoms with E-state index in [0.717, 1.165) is 44.9 Å². The Morgan fingerprint density at radius 1 is 1.13 bits per heavy atom. The number of nitroso groups, excluding NO2 is 1. The van der Waals surface area contributed by atoms with Crippen molar-refractivity contribution in [3.05, 3.63) is 94.4 Å². The summed E-state index contributed by atoms with van der Waals surface area (Å²) in [6, 6.07) is 15.7. The van der Waals surface area contributed by atoms with Gasteiger partial charge in [0.2, 0.25) is 0 Å². The lowest BCUT2D eigenvalue weighted by molar-refractivity contribution is -0.129. The molecule has 46 heavy (non-hydrogen) atoms. The number of piperidine rings is 1. The van der Waals surface area contributed by atoms with Crippen LogP contribution in [0.4, 0.5) is 0 Å². The van der Waals surface area contributed by atoms with Crippen molar-refractivity contribution < 1.29 is 14.6 Å². The number of carbonyl (C=O) groups excluding carboxylic acids is 1. The maximum Gasteiger partial charge on any atom is 0.292 e. The summed E-state index contributed by atoms with van der Waals surface area (Å²) in [5.74, 6) is -0.00137. The SMILES string of the molecule is COC1CN(C2=CC=C(n3nc(-c4cccc5nn(CC(O)c6ccccc6)cc45)c(C(C)C)c3C)C(C)N2)CCC1C(=O)N=O. The minimum absolute atomic E-state index is 0.0542. The minimum Gasteiger partial charge on any atom is -0.386 e. The topological polar surface area (TPSA) is 127 Å². The normalized spacial score (nSPS) is 20.8. The second-order valence-electron chi connectivity index (χ2n) is 12.5. The highest BCUT2D eigenvalue weighted by atomic mass is 16.5. The molecular weight excluding hydrogens is 582 g/mol. The van der Waals surface area contributed by atoms with Crippen molar-refractivity contribution in [2.45, 2.75) is 64.8 Å². The average molecular weight is 624 g/mol. The lowest BCUT2D eigenvalue weighted by Crippen LogP contribution is -2.50. The van der Waals surface area contributed by atoms with Crippen molar-refractivity contribution in [3.63, 3.8) is 0 Å². The van der Waals surface area contributed by atoms with Gasteiger partial charge in [0.15, 0.2) is 0 Å². The van der Waals surface area contributed by atoms with Gasteiger partial charge >= 0.3 is 0 Å². The number of nitrogens with zero attached hydrogens (tertiary/aromatic N) is 6. The van der Waals surface area contributed by atoms with E-state index in [1.54, 1.807) is 7.11 Å². The number of methoxy groups -OCH3 is 1. The molecule has 11 heteroatoms. The standard InChI is InChI=1S/C35H41N7O4/c1-21(2)33-23(4)42(29-14-15-32(36-22(29)3)40-17-16-26(35(44)39-45)31(20-40)46-5)38-34(33)25-12-9-13-28-27(25)18-41(37-28)19-30(43)24-10-7-6-8-11-24/h6-15,18,21-22,26,30-31,36,43H,16-17,19-20H2,1-5H3. The van der Waals surface area contributed by atoms with Gasteiger partial charge in [-0.1, -0.05) is 56.3 Å². The molecule has 4 atom stereocenters. The van der Waals surface area contributed by atoms with Crippen LogP contribution in [0, 0.1) is 17.7 Å². The molecule has 4 heterocycles. The smallest absolute Gasteiger partial charge is 0.292 e. The molecule has 11 nitrogen and oxygen atoms in total. The van der Waals surface area contributed by atoms with Gasteiger partial charge in [0.25, 0.3) is 5.91 Å². The molecule has 2 aromatic heterocycles. The molecule has 2 aromatic carbocycles. The van der Waals surface area contributed by atoms with Crippen molar-refractivity contribution in [1.82, 2.24) is 29.8 Å². The van der Waals surface area contributed by atoms with Crippen LogP contribution in [0.1, 0.15) is 56.0 Å². The second-order valence-corrected chi connectivity index (χ2v) is 12.5. The molecule has 4 unspecified atom stereocenters. The van der Waals surface area contributed by atoms with Gasteiger partial charge in [0, 0.05) is 53.8 Å². The van der Waals surface area contributed by atoms with E-state index in [-0.39, 0.29) is 12.0 Å². The number of benzene rings is 2. The van der Waals surface area contributed by atoms with Crippen LogP contribution in [0.2, 0.25) is 0 Å². The van der Waals surface area contributed by atoms with Gasteiger partial charge in [-0.15, -0.1) is 4.91 Å². The van der Waals surface area contributed by atoms with Crippen LogP contribution in [0.3, 0.4) is 0 Å². The van der Waals surface area contributed by atoms with Crippen LogP contribution in [0.25, 0.3) is 27.9 Å². The van der Waals surface area contributed by atoms with Crippen LogP contribution < -0.4 is 5.32 Å². The molecule has 1 amide bonds. The molecule has 0 bridgehead atoms. The third-order valence-electron chi connectivity index (χ3n) is 9.21. The Morgan fingerprint density at radius 3 is 2.61 bits per heavy atom. The van der Waals surface area contributed by atoms with Crippen molar-refractivity contribution in [3.8, 4) is 11.3 Å². The predicted molar refractivity (Wildman–Crippen MR) is 177 cm³/mol. The Labute approximate surface area is 268 Å². The molecule has 2 N–H and O–H groups in total. The average Bonchev–Trinajstić information content (AvgIpc) is 3.64. The predicted octanol–water partition coefficient (Wildman–Crippen LogP) is 5.37. The van der Waals surface area contributed by atoms with Crippen LogP contribution in [0.5, 0.6) is 0 Å². The first-order valence-electron chi connectivity index (χ1n) is 15.8. The molecule has 0 aliphatic carbocycles. The van der Waals surface area contributed by atoms with E-state index < -0.39 is 24.0 Å². The number of aromatic nitrogens is 4. The van der Waals surface area contributed by atoms with Gasteiger partial charge in [0.1, 0.15) is 5.82 Å². The lowest BCUT2D eigenvalue weighted by Gasteiger charge is -2.40. The fourth-order valence-corrected chi connectivity index (χ4v) is 6.83. The number of carbonyl (C=O) groups is 1. The van der Waals surface area contributed by atoms with Gasteiger partial charge in [0.05, 0.1) is 47.6 Å². The van der Waals surface area contributed by atoms with Gasteiger partial charge in [-0.2, -0.15) is 10.2 Å². The zero-order valence-corrected chi connectivity index (χ0v) is 26.9. The number of aliphatic hydroxyl groups excluding tert-OH is 1. The first kappa shape index (κ1) is 31.4. The summed E-state index contributed by atoms with van der Waals surface area (Å²) in [6.07, 6.45) is 5.57. The number of fused-ring (bicyclic) bond motifs is 1. The van der Waals surface area contributed by atoms with E-state index in [1.165, 1.54) is 5.56 Å². The van der Waals surface area contributed by atoms with Gasteiger partial charge in [-0.25, -0.2) is 4.68 Å². The molecule has 0 saturated carbocycles. The summed E-state index contributed by atoms with van der Waals surface area (Å²) in [6.45, 7) is 10.0. The van der Waals surface area contributed by atoms with Crippen LogP contribution in [-0.2, 0) is 16.1 Å². The molecule has 0 spiro atoms. The van der Waals surface area contributed by atoms with Crippen LogP contribution >= 0.6 is 0 Å². The highest BCUT2D eigenvalue weighted by molar-refractivity contribution is 5.94. The van der Waals surface area contributed by atoms with E-state index in [0.29, 0.717) is 26.1 Å². The summed E-state index contributed by atoms with van der Waals surface area (Å²) >= 11 is 0. The molecule has 2 aliphatic heterocycles. The molecule has 2 aliphatic rings. The lowest BCUT2D eigenvalue weighted by atomic mass is 9.93. The Hall–Kier alpha value is -4.61. The molecule has 6 rings (SSSR count). The van der Waals surface area contributed by atoms with Gasteiger partial charge in [-0.05, 0) is 50.0 Å². The van der Waals surface area contributed by atoms with Gasteiger partial charge < -0.3 is 20.1 Å². The minimum atomic E-state index is -0.667. The molecular formula is C35H41N7O4. The van der Waals surface area contributed by atoms with Crippen molar-refractivity contribution in [2.24, 2.45) is 11.1 Å². The number of allylic oxidation sites excluding steroid dienone is 2. The maximum atomic E-state index is 12.0. The Balaban J connectivity index is 1.31. The third kappa shape index (κ3) is 5.88. The zero-order valence-electron chi connectivity index (χ0n) is 26.9. The number of hydrogen-bond donors (Lipinski definition) is 2. The fraction of sp³-hybridized carbons (Fsp3) is 0.400. The summed E-state index contributed by atoms with van der Waals surface area (Å²) in [7, 11) is 1.56. The van der Waals surface area contributed by atoms with Gasteiger partial charge in [-0.3, -0.25) is 9.48 Å². The summed E-state index contributed by atoms with van der Waals surface area (Å²) in [5, 5.41) is 28.1. The van der Waals surface area contributed by atoms with E-state index in [1.807, 2.05) is 64.1 Å². The van der Waals surface area contributed by atoms with E-state index >= 15 is 0 Å². The highest BCUT2D eigenvalue weighted by Gasteiger charge is 2.36. The Bertz CT molecular complexity index is 1810. The molecule has 1 fully saturated rings. The quantitative estimate of drug-likeness (QED) is 0.238. The van der Waals surface area contributed by atoms with Crippen LogP contribution in [-0.4, -0.2) is 67.8 Å². The number of nitrogens with one attached hydrogen (secondary N) is 1. The Morgan fingerprint density at radius 2 is 1.91 bits per heavy atom. The van der Waals surface area contributed by atoms with E-state index in [4.69, 9.17) is 14.9 Å². The zero-order chi connectivity index (χ0) is 32.5. The summed E-state index contributed by atoms with van der Waals surface area (Å²) in [5.41, 5.74) is 6.89. The van der Waals surface area contributed by atoms with Crippen molar-refractivity contribution in [1.29, 1.82) is 0 Å². The number of hydrogen-bond acceptors (Lipinski definition) is 8. The molecule has 1 saturated heterocycles. The summed E-state index contributed by atoms with van der Waals surface area (Å²) < 4.78 is 9.42. The first-order chi connectivity index (χ1) is 22.2. The van der Waals surface area contributed by atoms with Crippen molar-refractivity contribution >= 4 is 22.5 Å². The summed E-state index contributed by atoms with van der Waals surface area (Å²) in [4.78, 5) is 25.0. The number of ether oxygens (including phenoxy) is 1. The molecule has 4 aromatic rings. The number of aliphatic hydroxyl groups is 1. The largest absolute Gasteiger partial charge is 0.386 e. The molecule has 240 valence electrons. The maximum absolute atomic E-state index is 12.0. The fourth-order valence-electron chi connectivity index (χ4n) is 6.83. The Kier molecular flexibility index (Phi) is 8.88. The van der Waals surface area contributed by atoms with Crippen LogP contribution in [0.15, 0.2) is 77.9 Å². The van der Waals surface area contributed by atoms with E-state index in [2.05, 4.69) is 55.2 Å². The number of amides is 1. The third-order valence-corrected chi connectivity index (χ3v) is 9.21. The van der Waals surface area contributed by atoms with E-state index in [9.17, 15) is 14.8 Å². The highest BCUT2D eigenvalue weighted by Crippen LogP contribution is 2.37. The second kappa shape index (κ2) is 13.0. The number of likely N-dealkylation sites (tertiary alicyclic amines) is 1. The first-order valence-corrected chi connectivity index (χ1v) is 15.8.